The fourth-order valence-corrected chi connectivity index (χ4v) is 1.60. The van der Waals surface area contributed by atoms with Crippen molar-refractivity contribution in [3.8, 4) is 17.2 Å². The van der Waals surface area contributed by atoms with Gasteiger partial charge in [-0.1, -0.05) is 18.2 Å². The van der Waals surface area contributed by atoms with Crippen LogP contribution in [0.4, 0.5) is 0 Å². The number of hydrogen-bond acceptors (Lipinski definition) is 4. The van der Waals surface area contributed by atoms with Gasteiger partial charge in [-0.3, -0.25) is 0 Å². The van der Waals surface area contributed by atoms with Gasteiger partial charge in [-0.25, -0.2) is 4.79 Å². The van der Waals surface area contributed by atoms with Gasteiger partial charge in [0.05, 0.1) is 7.11 Å². The van der Waals surface area contributed by atoms with Gasteiger partial charge in [0.25, 0.3) is 0 Å². The molecule has 4 heteroatoms. The monoisotopic (exact) mass is 272 g/mol. The molecule has 104 valence electrons. The van der Waals surface area contributed by atoms with Crippen LogP contribution in [0.5, 0.6) is 17.2 Å². The van der Waals surface area contributed by atoms with Crippen LogP contribution in [0.2, 0.25) is 0 Å². The van der Waals surface area contributed by atoms with Gasteiger partial charge in [0.2, 0.25) is 0 Å². The maximum absolute atomic E-state index is 11.0. The van der Waals surface area contributed by atoms with Gasteiger partial charge < -0.3 is 14.2 Å². The summed E-state index contributed by atoms with van der Waals surface area (Å²) in [4.78, 5) is 11.0. The van der Waals surface area contributed by atoms with Gasteiger partial charge in [-0.05, 0) is 42.8 Å². The molecule has 0 saturated heterocycles. The van der Waals surface area contributed by atoms with E-state index in [0.29, 0.717) is 11.5 Å². The minimum absolute atomic E-state index is 0.103. The zero-order valence-electron chi connectivity index (χ0n) is 11.5. The van der Waals surface area contributed by atoms with Crippen LogP contribution >= 0.6 is 0 Å². The maximum atomic E-state index is 11.0. The molecule has 0 fully saturated rings. The average molecular weight is 272 g/mol. The van der Waals surface area contributed by atoms with Crippen molar-refractivity contribution in [1.29, 1.82) is 0 Å². The van der Waals surface area contributed by atoms with Crippen LogP contribution in [0.15, 0.2) is 48.5 Å². The van der Waals surface area contributed by atoms with Crippen LogP contribution in [0.1, 0.15) is 5.56 Å². The highest BCUT2D eigenvalue weighted by molar-refractivity contribution is 5.70. The average Bonchev–Trinajstić information content (AvgIpc) is 2.48. The summed E-state index contributed by atoms with van der Waals surface area (Å²) in [5.41, 5.74) is 1.07. The number of rotatable bonds is 5. The molecule has 0 aliphatic carbocycles. The SMILES string of the molecule is COC(=O)COc1ccc(Oc2ccccc2C)cc1. The highest BCUT2D eigenvalue weighted by Gasteiger charge is 2.03. The van der Waals surface area contributed by atoms with Crippen molar-refractivity contribution in [2.24, 2.45) is 0 Å². The molecule has 0 spiro atoms. The molecule has 0 N–H and O–H groups in total. The third kappa shape index (κ3) is 3.75. The Balaban J connectivity index is 1.98. The standard InChI is InChI=1S/C16H16O4/c1-12-5-3-4-6-15(12)20-14-9-7-13(8-10-14)19-11-16(17)18-2/h3-10H,11H2,1-2H3. The molecule has 4 nitrogen and oxygen atoms in total. The van der Waals surface area contributed by atoms with Crippen molar-refractivity contribution in [2.75, 3.05) is 13.7 Å². The smallest absolute Gasteiger partial charge is 0.343 e. The molecule has 0 atom stereocenters. The number of aryl methyl sites for hydroxylation is 1. The molecule has 0 aliphatic rings. The minimum Gasteiger partial charge on any atom is -0.482 e. The van der Waals surface area contributed by atoms with E-state index in [1.165, 1.54) is 7.11 Å². The van der Waals surface area contributed by atoms with Crippen LogP contribution in [0.25, 0.3) is 0 Å². The largest absolute Gasteiger partial charge is 0.482 e. The first-order chi connectivity index (χ1) is 9.69. The third-order valence-corrected chi connectivity index (χ3v) is 2.73. The number of carbonyl (C=O) groups is 1. The first-order valence-electron chi connectivity index (χ1n) is 6.22. The molecular weight excluding hydrogens is 256 g/mol. The molecule has 0 aromatic heterocycles. The molecule has 0 bridgehead atoms. The van der Waals surface area contributed by atoms with E-state index >= 15 is 0 Å². The van der Waals surface area contributed by atoms with E-state index in [0.717, 1.165) is 11.3 Å². The Kier molecular flexibility index (Phi) is 4.60. The van der Waals surface area contributed by atoms with Gasteiger partial charge in [-0.2, -0.15) is 0 Å². The second kappa shape index (κ2) is 6.61. The fourth-order valence-electron chi connectivity index (χ4n) is 1.60. The lowest BCUT2D eigenvalue weighted by molar-refractivity contribution is -0.142. The van der Waals surface area contributed by atoms with Gasteiger partial charge in [-0.15, -0.1) is 0 Å². The van der Waals surface area contributed by atoms with Crippen LogP contribution in [0.3, 0.4) is 0 Å². The van der Waals surface area contributed by atoms with E-state index in [-0.39, 0.29) is 6.61 Å². The summed E-state index contributed by atoms with van der Waals surface area (Å²) in [5.74, 6) is 1.71. The number of ether oxygens (including phenoxy) is 3. The molecular formula is C16H16O4. The predicted molar refractivity (Wildman–Crippen MR) is 75.2 cm³/mol. The molecule has 20 heavy (non-hydrogen) atoms. The highest BCUT2D eigenvalue weighted by Crippen LogP contribution is 2.26. The van der Waals surface area contributed by atoms with Crippen LogP contribution in [0, 0.1) is 6.92 Å². The first-order valence-corrected chi connectivity index (χ1v) is 6.22. The number of methoxy groups -OCH3 is 1. The number of benzene rings is 2. The number of hydrogen-bond donors (Lipinski definition) is 0. The minimum atomic E-state index is -0.412. The number of para-hydroxylation sites is 1. The van der Waals surface area contributed by atoms with E-state index in [4.69, 9.17) is 9.47 Å². The van der Waals surface area contributed by atoms with Gasteiger partial charge in [0, 0.05) is 0 Å². The topological polar surface area (TPSA) is 44.8 Å². The summed E-state index contributed by atoms with van der Waals surface area (Å²) in [6, 6.07) is 14.9. The predicted octanol–water partition coefficient (Wildman–Crippen LogP) is 3.34. The van der Waals surface area contributed by atoms with Crippen LogP contribution in [-0.4, -0.2) is 19.7 Å². The second-order valence-electron chi connectivity index (χ2n) is 4.20. The lowest BCUT2D eigenvalue weighted by Gasteiger charge is -2.09. The Morgan fingerprint density at radius 3 is 2.30 bits per heavy atom. The van der Waals surface area contributed by atoms with Crippen LogP contribution in [-0.2, 0) is 9.53 Å². The highest BCUT2D eigenvalue weighted by atomic mass is 16.6. The van der Waals surface area contributed by atoms with Crippen molar-refractivity contribution in [2.45, 2.75) is 6.92 Å². The van der Waals surface area contributed by atoms with E-state index in [1.54, 1.807) is 24.3 Å². The fraction of sp³-hybridized carbons (Fsp3) is 0.188. The summed E-state index contributed by atoms with van der Waals surface area (Å²) in [5, 5.41) is 0. The zero-order chi connectivity index (χ0) is 14.4. The number of esters is 1. The quantitative estimate of drug-likeness (QED) is 0.783. The van der Waals surface area contributed by atoms with E-state index in [1.807, 2.05) is 31.2 Å². The Morgan fingerprint density at radius 2 is 1.65 bits per heavy atom. The van der Waals surface area contributed by atoms with Crippen molar-refractivity contribution in [1.82, 2.24) is 0 Å². The summed E-state index contributed by atoms with van der Waals surface area (Å²) < 4.78 is 15.5. The molecule has 0 unspecified atom stereocenters. The lowest BCUT2D eigenvalue weighted by Crippen LogP contribution is -2.12. The molecule has 0 amide bonds. The van der Waals surface area contributed by atoms with E-state index in [2.05, 4.69) is 4.74 Å². The van der Waals surface area contributed by atoms with Crippen molar-refractivity contribution >= 4 is 5.97 Å². The van der Waals surface area contributed by atoms with E-state index < -0.39 is 5.97 Å². The zero-order valence-corrected chi connectivity index (χ0v) is 11.5. The number of carbonyl (C=O) groups excluding carboxylic acids is 1. The van der Waals surface area contributed by atoms with Crippen molar-refractivity contribution < 1.29 is 19.0 Å². The summed E-state index contributed by atoms with van der Waals surface area (Å²) in [6.07, 6.45) is 0. The Labute approximate surface area is 117 Å². The third-order valence-electron chi connectivity index (χ3n) is 2.73. The molecule has 0 saturated carbocycles. The second-order valence-corrected chi connectivity index (χ2v) is 4.20. The lowest BCUT2D eigenvalue weighted by atomic mass is 10.2. The Bertz CT molecular complexity index is 575. The van der Waals surface area contributed by atoms with Gasteiger partial charge >= 0.3 is 5.97 Å². The van der Waals surface area contributed by atoms with Gasteiger partial charge in [0.15, 0.2) is 6.61 Å². The normalized spacial score (nSPS) is 9.90. The molecule has 2 rings (SSSR count). The molecule has 0 heterocycles. The van der Waals surface area contributed by atoms with E-state index in [9.17, 15) is 4.79 Å². The Morgan fingerprint density at radius 1 is 1.00 bits per heavy atom. The van der Waals surface area contributed by atoms with Crippen molar-refractivity contribution in [3.63, 3.8) is 0 Å². The molecule has 2 aromatic carbocycles. The van der Waals surface area contributed by atoms with Crippen molar-refractivity contribution in [3.05, 3.63) is 54.1 Å². The molecule has 0 radical (unpaired) electrons. The first kappa shape index (κ1) is 13.9. The maximum Gasteiger partial charge on any atom is 0.343 e. The summed E-state index contributed by atoms with van der Waals surface area (Å²) in [6.45, 7) is 1.89. The summed E-state index contributed by atoms with van der Waals surface area (Å²) in [7, 11) is 1.32. The Hall–Kier alpha value is -2.49. The summed E-state index contributed by atoms with van der Waals surface area (Å²) >= 11 is 0. The van der Waals surface area contributed by atoms with Crippen LogP contribution < -0.4 is 9.47 Å². The molecule has 0 aliphatic heterocycles. The van der Waals surface area contributed by atoms with Gasteiger partial charge in [0.1, 0.15) is 17.2 Å². The molecule has 2 aromatic rings.